The number of nitrogens with zero attached hydrogens (tertiary/aromatic N) is 2. The Morgan fingerprint density at radius 2 is 0.684 bits per heavy atom. The zero-order chi connectivity index (χ0) is 53.6. The van der Waals surface area contributed by atoms with E-state index >= 15 is 0 Å². The first-order valence-corrected chi connectivity index (χ1v) is 27.5. The summed E-state index contributed by atoms with van der Waals surface area (Å²) in [5, 5.41) is 12.1. The Kier molecular flexibility index (Phi) is 11.4. The fourth-order valence-electron chi connectivity index (χ4n) is 12.9. The van der Waals surface area contributed by atoms with Gasteiger partial charge in [0.1, 0.15) is 11.2 Å². The number of anilines is 6. The molecule has 4 nitrogen and oxygen atoms in total. The van der Waals surface area contributed by atoms with E-state index in [0.717, 1.165) is 89.1 Å². The number of furan rings is 2. The maximum atomic E-state index is 7.32. The zero-order valence-corrected chi connectivity index (χ0v) is 47.6. The molecule has 382 valence electrons. The van der Waals surface area contributed by atoms with Crippen LogP contribution in [0.25, 0.3) is 76.2 Å². The molecule has 4 heteroatoms. The molecule has 0 radical (unpaired) electrons. The van der Waals surface area contributed by atoms with E-state index in [1.54, 1.807) is 0 Å². The van der Waals surface area contributed by atoms with Crippen LogP contribution in [0.5, 0.6) is 0 Å². The van der Waals surface area contributed by atoms with Gasteiger partial charge in [-0.05, 0) is 167 Å². The Morgan fingerprint density at radius 1 is 0.355 bits per heavy atom. The van der Waals surface area contributed by atoms with Gasteiger partial charge in [0, 0.05) is 54.8 Å². The Labute approximate surface area is 449 Å². The van der Waals surface area contributed by atoms with Crippen LogP contribution in [0.3, 0.4) is 0 Å². The predicted octanol–water partition coefficient (Wildman–Crippen LogP) is 22.0. The highest BCUT2D eigenvalue weighted by molar-refractivity contribution is 6.30. The van der Waals surface area contributed by atoms with Crippen LogP contribution < -0.4 is 9.80 Å². The molecule has 2 heterocycles. The molecule has 0 amide bonds. The predicted molar refractivity (Wildman–Crippen MR) is 328 cm³/mol. The quantitative estimate of drug-likeness (QED) is 0.142. The molecule has 12 aromatic rings. The van der Waals surface area contributed by atoms with Gasteiger partial charge in [0.2, 0.25) is 0 Å². The Balaban J connectivity index is 1.23. The molecule has 0 aliphatic carbocycles. The molecule has 0 spiro atoms. The zero-order valence-electron chi connectivity index (χ0n) is 47.6. The summed E-state index contributed by atoms with van der Waals surface area (Å²) >= 11 is 0. The molecule has 0 unspecified atom stereocenters. The molecule has 76 heavy (non-hydrogen) atoms. The first kappa shape index (κ1) is 49.3. The number of fused-ring (bicyclic) bond motifs is 6. The third kappa shape index (κ3) is 7.68. The summed E-state index contributed by atoms with van der Waals surface area (Å²) in [5.74, 6) is 0.452. The van der Waals surface area contributed by atoms with Crippen molar-refractivity contribution in [3.63, 3.8) is 0 Å². The van der Waals surface area contributed by atoms with Crippen LogP contribution in [0.2, 0.25) is 0 Å². The average Bonchev–Trinajstić information content (AvgIpc) is 3.98. The number of hydrogen-bond donors (Lipinski definition) is 0. The van der Waals surface area contributed by atoms with Crippen molar-refractivity contribution in [1.82, 2.24) is 0 Å². The van der Waals surface area contributed by atoms with Crippen molar-refractivity contribution in [1.29, 1.82) is 0 Å². The fraction of sp³-hybridized carbons (Fsp3) is 0.278. The van der Waals surface area contributed by atoms with Gasteiger partial charge in [0.25, 0.3) is 0 Å². The third-order valence-electron chi connectivity index (χ3n) is 16.3. The van der Waals surface area contributed by atoms with Crippen LogP contribution in [0.1, 0.15) is 137 Å². The summed E-state index contributed by atoms with van der Waals surface area (Å²) in [6.07, 6.45) is 0. The highest BCUT2D eigenvalue weighted by Gasteiger charge is 2.32. The van der Waals surface area contributed by atoms with E-state index in [0.29, 0.717) is 0 Å². The molecule has 0 fully saturated rings. The molecule has 0 bridgehead atoms. The van der Waals surface area contributed by atoms with Crippen LogP contribution in [-0.4, -0.2) is 0 Å². The maximum absolute atomic E-state index is 7.32. The minimum Gasteiger partial charge on any atom is -0.454 e. The SMILES string of the molecule is Cc1cc(C)cc(N(c2cc(C(C)C)c3ccc4c(N(c5cc(C)cc(C)c5)c5c(C)ccc6c5oc5c(C(C)(C)C)cccc56)cc(C(C)C)c5ccc2c3c54)c2c(C)ccc3c2oc2c(C(C)(C)C)cccc23)c1. The summed E-state index contributed by atoms with van der Waals surface area (Å²) in [5.41, 5.74) is 22.4. The second-order valence-corrected chi connectivity index (χ2v) is 25.0. The summed E-state index contributed by atoms with van der Waals surface area (Å²) in [6.45, 7) is 36.5. The third-order valence-corrected chi connectivity index (χ3v) is 16.3. The van der Waals surface area contributed by atoms with Crippen LogP contribution in [0.15, 0.2) is 142 Å². The van der Waals surface area contributed by atoms with Crippen molar-refractivity contribution >= 4 is 110 Å². The largest absolute Gasteiger partial charge is 0.454 e. The number of para-hydroxylation sites is 2. The van der Waals surface area contributed by atoms with Crippen molar-refractivity contribution in [2.24, 2.45) is 0 Å². The smallest absolute Gasteiger partial charge is 0.159 e. The van der Waals surface area contributed by atoms with Gasteiger partial charge in [-0.15, -0.1) is 0 Å². The van der Waals surface area contributed by atoms with Crippen molar-refractivity contribution in [3.8, 4) is 0 Å². The minimum absolute atomic E-state index is 0.108. The topological polar surface area (TPSA) is 32.8 Å². The van der Waals surface area contributed by atoms with Gasteiger partial charge in [-0.3, -0.25) is 0 Å². The van der Waals surface area contributed by atoms with Gasteiger partial charge in [-0.1, -0.05) is 166 Å². The van der Waals surface area contributed by atoms with E-state index in [2.05, 4.69) is 254 Å². The first-order chi connectivity index (χ1) is 36.1. The van der Waals surface area contributed by atoms with Crippen LogP contribution >= 0.6 is 0 Å². The molecule has 10 aromatic carbocycles. The first-order valence-electron chi connectivity index (χ1n) is 27.5. The van der Waals surface area contributed by atoms with Gasteiger partial charge in [0.15, 0.2) is 11.2 Å². The lowest BCUT2D eigenvalue weighted by molar-refractivity contribution is 0.572. The van der Waals surface area contributed by atoms with E-state index < -0.39 is 0 Å². The van der Waals surface area contributed by atoms with Crippen molar-refractivity contribution in [3.05, 3.63) is 189 Å². The normalized spacial score (nSPS) is 12.7. The minimum atomic E-state index is -0.108. The number of benzene rings is 10. The van der Waals surface area contributed by atoms with E-state index in [9.17, 15) is 0 Å². The summed E-state index contributed by atoms with van der Waals surface area (Å²) < 4.78 is 14.6. The van der Waals surface area contributed by atoms with E-state index in [4.69, 9.17) is 8.83 Å². The lowest BCUT2D eigenvalue weighted by Gasteiger charge is -2.32. The highest BCUT2D eigenvalue weighted by Crippen LogP contribution is 2.55. The van der Waals surface area contributed by atoms with Gasteiger partial charge in [-0.25, -0.2) is 0 Å². The number of hydrogen-bond acceptors (Lipinski definition) is 4. The Hall–Kier alpha value is -7.56. The second kappa shape index (κ2) is 17.5. The Bertz CT molecular complexity index is 4010. The molecule has 0 atom stereocenters. The standard InChI is InChI=1S/C72H72N2O2/c1-39(2)57-37-61(73(47-33-41(5)31-42(6)34-47)65-45(9)23-25-53-51-19-17-21-59(71(11,12)13)67(51)75-69(53)65)55-30-28-50-58(40(3)4)38-62(56-29-27-49(57)63(55)64(50)56)74(48-35-43(7)32-44(8)36-48)66-46(10)24-26-54-52-20-18-22-60(72(14,15)16)68(52)76-70(54)66/h17-40H,1-16H3. The van der Waals surface area contributed by atoms with Gasteiger partial charge in [-0.2, -0.15) is 0 Å². The van der Waals surface area contributed by atoms with Gasteiger partial charge < -0.3 is 18.6 Å². The van der Waals surface area contributed by atoms with Crippen LogP contribution in [-0.2, 0) is 10.8 Å². The number of rotatable bonds is 8. The van der Waals surface area contributed by atoms with E-state index in [1.165, 1.54) is 76.8 Å². The molecule has 0 N–H and O–H groups in total. The van der Waals surface area contributed by atoms with Crippen molar-refractivity contribution in [2.45, 2.75) is 133 Å². The molecule has 0 aliphatic rings. The van der Waals surface area contributed by atoms with E-state index in [1.807, 2.05) is 0 Å². The lowest BCUT2D eigenvalue weighted by atomic mass is 9.84. The monoisotopic (exact) mass is 997 g/mol. The molecular formula is C72H72N2O2. The molecule has 0 saturated heterocycles. The Morgan fingerprint density at radius 3 is 1.03 bits per heavy atom. The maximum Gasteiger partial charge on any atom is 0.159 e. The lowest BCUT2D eigenvalue weighted by Crippen LogP contribution is -2.15. The summed E-state index contributed by atoms with van der Waals surface area (Å²) in [4.78, 5) is 5.08. The summed E-state index contributed by atoms with van der Waals surface area (Å²) in [6, 6.07) is 51.1. The van der Waals surface area contributed by atoms with Gasteiger partial charge >= 0.3 is 0 Å². The van der Waals surface area contributed by atoms with Crippen LogP contribution in [0.4, 0.5) is 34.1 Å². The van der Waals surface area contributed by atoms with Gasteiger partial charge in [0.05, 0.1) is 22.7 Å². The van der Waals surface area contributed by atoms with Crippen molar-refractivity contribution < 1.29 is 8.83 Å². The van der Waals surface area contributed by atoms with E-state index in [-0.39, 0.29) is 22.7 Å². The van der Waals surface area contributed by atoms with Crippen LogP contribution in [0, 0.1) is 41.5 Å². The molecule has 2 aromatic heterocycles. The molecule has 0 aliphatic heterocycles. The highest BCUT2D eigenvalue weighted by atomic mass is 16.3. The fourth-order valence-corrected chi connectivity index (χ4v) is 12.9. The molecule has 0 saturated carbocycles. The number of aryl methyl sites for hydroxylation is 6. The molecule has 12 rings (SSSR count). The molecular weight excluding hydrogens is 925 g/mol. The summed E-state index contributed by atoms with van der Waals surface area (Å²) in [7, 11) is 0. The average molecular weight is 997 g/mol. The van der Waals surface area contributed by atoms with Crippen molar-refractivity contribution in [2.75, 3.05) is 9.80 Å². The second-order valence-electron chi connectivity index (χ2n) is 25.0.